The standard InChI is InChI=1S/C17H23F3N2O3/c1-16(2,3)25-15(23)14(13-5-4-6-22-13)24-12-8-10(17(18,19)20)7-11(21)9-12/h7-9,13-14,22H,4-6,21H2,1-3H3. The van der Waals surface area contributed by atoms with E-state index in [0.29, 0.717) is 13.0 Å². The Hall–Kier alpha value is -1.96. The molecule has 2 rings (SSSR count). The van der Waals surface area contributed by atoms with Crippen LogP contribution in [0.2, 0.25) is 0 Å². The molecule has 1 aliphatic rings. The predicted octanol–water partition coefficient (Wildman–Crippen LogP) is 3.13. The number of alkyl halides is 3. The topological polar surface area (TPSA) is 73.6 Å². The Morgan fingerprint density at radius 3 is 2.48 bits per heavy atom. The molecule has 0 bridgehead atoms. The number of nitrogens with two attached hydrogens (primary N) is 1. The summed E-state index contributed by atoms with van der Waals surface area (Å²) in [6.45, 7) is 5.85. The van der Waals surface area contributed by atoms with Gasteiger partial charge >= 0.3 is 12.1 Å². The molecule has 0 aromatic heterocycles. The van der Waals surface area contributed by atoms with Crippen molar-refractivity contribution in [1.29, 1.82) is 0 Å². The largest absolute Gasteiger partial charge is 0.477 e. The van der Waals surface area contributed by atoms with Gasteiger partial charge in [0, 0.05) is 11.8 Å². The Morgan fingerprint density at radius 1 is 1.28 bits per heavy atom. The van der Waals surface area contributed by atoms with E-state index >= 15 is 0 Å². The third kappa shape index (κ3) is 5.52. The first-order valence-corrected chi connectivity index (χ1v) is 8.06. The van der Waals surface area contributed by atoms with E-state index in [1.165, 1.54) is 6.07 Å². The van der Waals surface area contributed by atoms with Gasteiger partial charge in [-0.1, -0.05) is 0 Å². The molecule has 2 atom stereocenters. The quantitative estimate of drug-likeness (QED) is 0.637. The Kier molecular flexibility index (Phi) is 5.51. The molecule has 1 fully saturated rings. The number of carbonyl (C=O) groups is 1. The van der Waals surface area contributed by atoms with Gasteiger partial charge < -0.3 is 20.5 Å². The SMILES string of the molecule is CC(C)(C)OC(=O)C(Oc1cc(N)cc(C(F)(F)F)c1)C1CCCN1. The third-order valence-electron chi connectivity index (χ3n) is 3.62. The van der Waals surface area contributed by atoms with Gasteiger partial charge in [0.15, 0.2) is 0 Å². The summed E-state index contributed by atoms with van der Waals surface area (Å²) in [4.78, 5) is 12.5. The van der Waals surface area contributed by atoms with Crippen molar-refractivity contribution in [3.8, 4) is 5.75 Å². The van der Waals surface area contributed by atoms with Gasteiger partial charge in [-0.25, -0.2) is 4.79 Å². The summed E-state index contributed by atoms with van der Waals surface area (Å²) in [5, 5.41) is 3.12. The molecule has 8 heteroatoms. The van der Waals surface area contributed by atoms with Crippen LogP contribution in [0.15, 0.2) is 18.2 Å². The number of carbonyl (C=O) groups excluding carboxylic acids is 1. The lowest BCUT2D eigenvalue weighted by Crippen LogP contribution is -2.47. The maximum atomic E-state index is 13.0. The van der Waals surface area contributed by atoms with Crippen molar-refractivity contribution < 1.29 is 27.4 Å². The maximum absolute atomic E-state index is 13.0. The summed E-state index contributed by atoms with van der Waals surface area (Å²) in [6.07, 6.45) is -4.10. The number of ether oxygens (including phenoxy) is 2. The number of esters is 1. The number of nitrogens with one attached hydrogen (secondary N) is 1. The third-order valence-corrected chi connectivity index (χ3v) is 3.62. The highest BCUT2D eigenvalue weighted by atomic mass is 19.4. The summed E-state index contributed by atoms with van der Waals surface area (Å²) in [5.74, 6) is -0.736. The number of rotatable bonds is 4. The van der Waals surface area contributed by atoms with Crippen LogP contribution < -0.4 is 15.8 Å². The number of halogens is 3. The zero-order valence-corrected chi connectivity index (χ0v) is 14.4. The van der Waals surface area contributed by atoms with Crippen LogP contribution in [0, 0.1) is 0 Å². The van der Waals surface area contributed by atoms with E-state index in [1.54, 1.807) is 20.8 Å². The molecule has 5 nitrogen and oxygen atoms in total. The summed E-state index contributed by atoms with van der Waals surface area (Å²) in [7, 11) is 0. The average Bonchev–Trinajstić information content (AvgIpc) is 2.95. The Morgan fingerprint density at radius 2 is 1.96 bits per heavy atom. The fourth-order valence-electron chi connectivity index (χ4n) is 2.62. The molecule has 0 radical (unpaired) electrons. The van der Waals surface area contributed by atoms with Crippen molar-refractivity contribution in [1.82, 2.24) is 5.32 Å². The van der Waals surface area contributed by atoms with Crippen molar-refractivity contribution in [2.45, 2.75) is 57.5 Å². The molecule has 0 aliphatic carbocycles. The van der Waals surface area contributed by atoms with Gasteiger partial charge in [0.05, 0.1) is 11.6 Å². The number of benzene rings is 1. The molecule has 140 valence electrons. The van der Waals surface area contributed by atoms with Crippen molar-refractivity contribution in [3.05, 3.63) is 23.8 Å². The van der Waals surface area contributed by atoms with Crippen molar-refractivity contribution in [3.63, 3.8) is 0 Å². The molecule has 3 N–H and O–H groups in total. The van der Waals surface area contributed by atoms with Crippen molar-refractivity contribution >= 4 is 11.7 Å². The van der Waals surface area contributed by atoms with Crippen LogP contribution >= 0.6 is 0 Å². The Balaban J connectivity index is 2.27. The van der Waals surface area contributed by atoms with Gasteiger partial charge in [-0.05, 0) is 52.3 Å². The zero-order valence-electron chi connectivity index (χ0n) is 14.4. The minimum absolute atomic E-state index is 0.0906. The molecule has 1 saturated heterocycles. The van der Waals surface area contributed by atoms with Gasteiger partial charge in [-0.3, -0.25) is 0 Å². The predicted molar refractivity (Wildman–Crippen MR) is 87.1 cm³/mol. The number of nitrogen functional groups attached to an aromatic ring is 1. The molecule has 1 aliphatic heterocycles. The van der Waals surface area contributed by atoms with Gasteiger partial charge in [0.25, 0.3) is 0 Å². The van der Waals surface area contributed by atoms with Crippen LogP contribution in [-0.4, -0.2) is 30.3 Å². The highest BCUT2D eigenvalue weighted by Gasteiger charge is 2.37. The van der Waals surface area contributed by atoms with Gasteiger partial charge in [0.2, 0.25) is 6.10 Å². The summed E-state index contributed by atoms with van der Waals surface area (Å²) >= 11 is 0. The van der Waals surface area contributed by atoms with Crippen molar-refractivity contribution in [2.24, 2.45) is 0 Å². The fourth-order valence-corrected chi connectivity index (χ4v) is 2.62. The smallest absolute Gasteiger partial charge is 0.416 e. The molecular weight excluding hydrogens is 337 g/mol. The highest BCUT2D eigenvalue weighted by molar-refractivity contribution is 5.76. The van der Waals surface area contributed by atoms with E-state index in [1.807, 2.05) is 0 Å². The second-order valence-corrected chi connectivity index (χ2v) is 7.06. The zero-order chi connectivity index (χ0) is 18.8. The lowest BCUT2D eigenvalue weighted by atomic mass is 10.1. The molecule has 1 aromatic rings. The molecule has 25 heavy (non-hydrogen) atoms. The second kappa shape index (κ2) is 7.11. The molecular formula is C17H23F3N2O3. The number of hydrogen-bond acceptors (Lipinski definition) is 5. The molecule has 1 heterocycles. The van der Waals surface area contributed by atoms with Gasteiger partial charge in [0.1, 0.15) is 11.4 Å². The normalized spacial score (nSPS) is 19.5. The fraction of sp³-hybridized carbons (Fsp3) is 0.588. The minimum atomic E-state index is -4.56. The van der Waals surface area contributed by atoms with E-state index in [4.69, 9.17) is 15.2 Å². The van der Waals surface area contributed by atoms with Crippen LogP contribution in [0.5, 0.6) is 5.75 Å². The van der Waals surface area contributed by atoms with E-state index in [0.717, 1.165) is 18.6 Å². The first kappa shape index (κ1) is 19.4. The first-order chi connectivity index (χ1) is 11.5. The minimum Gasteiger partial charge on any atom is -0.477 e. The van der Waals surface area contributed by atoms with Gasteiger partial charge in [-0.15, -0.1) is 0 Å². The molecule has 2 unspecified atom stereocenters. The lowest BCUT2D eigenvalue weighted by molar-refractivity contribution is -0.164. The average molecular weight is 360 g/mol. The Labute approximate surface area is 144 Å². The molecule has 0 saturated carbocycles. The van der Waals surface area contributed by atoms with E-state index < -0.39 is 29.4 Å². The van der Waals surface area contributed by atoms with Gasteiger partial charge in [-0.2, -0.15) is 13.2 Å². The summed E-state index contributed by atoms with van der Waals surface area (Å²) in [6, 6.07) is 2.60. The van der Waals surface area contributed by atoms with E-state index in [2.05, 4.69) is 5.32 Å². The van der Waals surface area contributed by atoms with E-state index in [9.17, 15) is 18.0 Å². The van der Waals surface area contributed by atoms with Crippen LogP contribution in [0.3, 0.4) is 0 Å². The summed E-state index contributed by atoms with van der Waals surface area (Å²) in [5.41, 5.74) is 3.80. The molecule has 0 amide bonds. The van der Waals surface area contributed by atoms with Crippen LogP contribution in [0.25, 0.3) is 0 Å². The van der Waals surface area contributed by atoms with Crippen molar-refractivity contribution in [2.75, 3.05) is 12.3 Å². The van der Waals surface area contributed by atoms with Crippen LogP contribution in [0.1, 0.15) is 39.2 Å². The Bertz CT molecular complexity index is 621. The maximum Gasteiger partial charge on any atom is 0.416 e. The monoisotopic (exact) mass is 360 g/mol. The highest BCUT2D eigenvalue weighted by Crippen LogP contribution is 2.34. The molecule has 1 aromatic carbocycles. The van der Waals surface area contributed by atoms with E-state index in [-0.39, 0.29) is 17.5 Å². The molecule has 0 spiro atoms. The van der Waals surface area contributed by atoms with Crippen LogP contribution in [-0.2, 0) is 15.7 Å². The number of hydrogen-bond donors (Lipinski definition) is 2. The van der Waals surface area contributed by atoms with Crippen LogP contribution in [0.4, 0.5) is 18.9 Å². The summed E-state index contributed by atoms with van der Waals surface area (Å²) < 4.78 is 49.8. The second-order valence-electron chi connectivity index (χ2n) is 7.06. The lowest BCUT2D eigenvalue weighted by Gasteiger charge is -2.28. The number of anilines is 1. The first-order valence-electron chi connectivity index (χ1n) is 8.06.